The summed E-state index contributed by atoms with van der Waals surface area (Å²) in [6, 6.07) is 2.90. The number of hydrogen-bond donors (Lipinski definition) is 1. The van der Waals surface area contributed by atoms with Crippen LogP contribution in [0.25, 0.3) is 0 Å². The molecule has 0 radical (unpaired) electrons. The van der Waals surface area contributed by atoms with Crippen LogP contribution in [0.3, 0.4) is 0 Å². The number of nitrogens with zero attached hydrogens (tertiary/aromatic N) is 2. The number of ether oxygens (including phenoxy) is 1. The lowest BCUT2D eigenvalue weighted by molar-refractivity contribution is -0.142. The average molecular weight is 335 g/mol. The van der Waals surface area contributed by atoms with Crippen LogP contribution in [0.4, 0.5) is 4.39 Å². The number of nitrogens with one attached hydrogen (secondary N) is 1. The first-order chi connectivity index (χ1) is 11.4. The van der Waals surface area contributed by atoms with Crippen molar-refractivity contribution in [3.8, 4) is 0 Å². The van der Waals surface area contributed by atoms with Gasteiger partial charge < -0.3 is 15.0 Å². The smallest absolute Gasteiger partial charge is 0.228 e. The lowest BCUT2D eigenvalue weighted by atomic mass is 9.99. The van der Waals surface area contributed by atoms with E-state index in [0.717, 1.165) is 6.20 Å². The minimum absolute atomic E-state index is 0.00741. The number of fused-ring (bicyclic) bond motifs is 2. The van der Waals surface area contributed by atoms with Crippen molar-refractivity contribution in [3.63, 3.8) is 0 Å². The van der Waals surface area contributed by atoms with Crippen LogP contribution >= 0.6 is 0 Å². The zero-order valence-electron chi connectivity index (χ0n) is 13.9. The van der Waals surface area contributed by atoms with Crippen molar-refractivity contribution in [1.82, 2.24) is 15.2 Å². The molecule has 1 N–H and O–H groups in total. The van der Waals surface area contributed by atoms with Crippen LogP contribution < -0.4 is 5.32 Å². The van der Waals surface area contributed by atoms with Gasteiger partial charge in [-0.15, -0.1) is 0 Å². The number of carbonyl (C=O) groups excluding carboxylic acids is 2. The lowest BCUT2D eigenvalue weighted by Gasteiger charge is -2.33. The Balaban J connectivity index is 1.60. The minimum Gasteiger partial charge on any atom is -0.370 e. The third kappa shape index (κ3) is 3.72. The Morgan fingerprint density at radius 3 is 2.88 bits per heavy atom. The highest BCUT2D eigenvalue weighted by atomic mass is 19.1. The number of pyridine rings is 1. The Labute approximate surface area is 140 Å². The summed E-state index contributed by atoms with van der Waals surface area (Å²) >= 11 is 0. The predicted molar refractivity (Wildman–Crippen MR) is 84.5 cm³/mol. The first-order valence-corrected chi connectivity index (χ1v) is 8.26. The van der Waals surface area contributed by atoms with Gasteiger partial charge in [0.1, 0.15) is 5.82 Å². The van der Waals surface area contributed by atoms with Crippen molar-refractivity contribution in [2.24, 2.45) is 5.92 Å². The van der Waals surface area contributed by atoms with Crippen molar-refractivity contribution < 1.29 is 18.7 Å². The van der Waals surface area contributed by atoms with Gasteiger partial charge in [0.2, 0.25) is 11.8 Å². The third-order valence-corrected chi connectivity index (χ3v) is 4.40. The van der Waals surface area contributed by atoms with Gasteiger partial charge in [-0.3, -0.25) is 14.6 Å². The number of halogens is 1. The topological polar surface area (TPSA) is 71.5 Å². The molecule has 0 spiro atoms. The van der Waals surface area contributed by atoms with Gasteiger partial charge >= 0.3 is 0 Å². The molecular weight excluding hydrogens is 313 g/mol. The number of rotatable bonds is 4. The number of likely N-dealkylation sites (tertiary alicyclic amines) is 1. The van der Waals surface area contributed by atoms with Gasteiger partial charge in [-0.2, -0.15) is 0 Å². The Morgan fingerprint density at radius 1 is 1.42 bits per heavy atom. The number of aromatic nitrogens is 1. The lowest BCUT2D eigenvalue weighted by Crippen LogP contribution is -2.48. The van der Waals surface area contributed by atoms with E-state index in [1.165, 1.54) is 12.1 Å². The zero-order valence-corrected chi connectivity index (χ0v) is 13.9. The second-order valence-corrected chi connectivity index (χ2v) is 6.75. The monoisotopic (exact) mass is 335 g/mol. The molecule has 2 fully saturated rings. The van der Waals surface area contributed by atoms with Gasteiger partial charge in [0.05, 0.1) is 30.7 Å². The zero-order chi connectivity index (χ0) is 17.3. The molecule has 3 rings (SSSR count). The summed E-state index contributed by atoms with van der Waals surface area (Å²) in [5.41, 5.74) is 0.536. The molecular formula is C17H22FN3O3. The van der Waals surface area contributed by atoms with E-state index in [1.54, 1.807) is 4.90 Å². The van der Waals surface area contributed by atoms with E-state index in [1.807, 2.05) is 13.8 Å². The molecule has 130 valence electrons. The van der Waals surface area contributed by atoms with Gasteiger partial charge in [0.15, 0.2) is 0 Å². The van der Waals surface area contributed by atoms with Crippen molar-refractivity contribution in [3.05, 3.63) is 29.8 Å². The summed E-state index contributed by atoms with van der Waals surface area (Å²) < 4.78 is 18.7. The van der Waals surface area contributed by atoms with E-state index in [-0.39, 0.29) is 42.4 Å². The Morgan fingerprint density at radius 2 is 2.21 bits per heavy atom. The number of carbonyl (C=O) groups is 2. The van der Waals surface area contributed by atoms with Crippen LogP contribution in [0.5, 0.6) is 0 Å². The standard InChI is InChI=1S/C17H22FN3O3/c1-10(2)20-17(23)14-6-13-8-21(9-15(14)24-13)16(22)5-12-4-3-11(18)7-19-12/h3-4,7,10,13-15H,5-6,8-9H2,1-2H3,(H,20,23)/t13-,14-,15+/m0/s1. The van der Waals surface area contributed by atoms with Crippen LogP contribution in [0, 0.1) is 11.7 Å². The second kappa shape index (κ2) is 6.84. The first-order valence-electron chi connectivity index (χ1n) is 8.26. The fraction of sp³-hybridized carbons (Fsp3) is 0.588. The molecule has 6 nitrogen and oxygen atoms in total. The molecule has 0 aliphatic carbocycles. The quantitative estimate of drug-likeness (QED) is 0.888. The number of hydrogen-bond acceptors (Lipinski definition) is 4. The van der Waals surface area contributed by atoms with E-state index in [0.29, 0.717) is 25.2 Å². The van der Waals surface area contributed by atoms with E-state index in [9.17, 15) is 14.0 Å². The molecule has 2 bridgehead atoms. The molecule has 0 unspecified atom stereocenters. The summed E-state index contributed by atoms with van der Waals surface area (Å²) in [7, 11) is 0. The Bertz CT molecular complexity index is 620. The molecule has 2 aliphatic rings. The van der Waals surface area contributed by atoms with Crippen molar-refractivity contribution in [2.75, 3.05) is 13.1 Å². The van der Waals surface area contributed by atoms with E-state index >= 15 is 0 Å². The van der Waals surface area contributed by atoms with Crippen molar-refractivity contribution in [1.29, 1.82) is 0 Å². The van der Waals surface area contributed by atoms with Crippen LogP contribution in [0.2, 0.25) is 0 Å². The van der Waals surface area contributed by atoms with Crippen LogP contribution in [0.1, 0.15) is 26.0 Å². The molecule has 2 aliphatic heterocycles. The third-order valence-electron chi connectivity index (χ3n) is 4.40. The molecule has 3 atom stereocenters. The highest BCUT2D eigenvalue weighted by Crippen LogP contribution is 2.32. The molecule has 3 heterocycles. The molecule has 1 aromatic rings. The molecule has 2 amide bonds. The van der Waals surface area contributed by atoms with Gasteiger partial charge in [0.25, 0.3) is 0 Å². The van der Waals surface area contributed by atoms with Gasteiger partial charge in [0, 0.05) is 24.8 Å². The summed E-state index contributed by atoms with van der Waals surface area (Å²) in [5.74, 6) is -0.710. The van der Waals surface area contributed by atoms with Crippen molar-refractivity contribution >= 4 is 11.8 Å². The fourth-order valence-corrected chi connectivity index (χ4v) is 3.31. The molecule has 2 saturated heterocycles. The highest BCUT2D eigenvalue weighted by molar-refractivity contribution is 5.81. The van der Waals surface area contributed by atoms with Gasteiger partial charge in [-0.05, 0) is 32.4 Å². The fourth-order valence-electron chi connectivity index (χ4n) is 3.31. The first kappa shape index (κ1) is 16.8. The van der Waals surface area contributed by atoms with E-state index in [2.05, 4.69) is 10.3 Å². The molecule has 24 heavy (non-hydrogen) atoms. The second-order valence-electron chi connectivity index (χ2n) is 6.75. The summed E-state index contributed by atoms with van der Waals surface area (Å²) in [5, 5.41) is 2.92. The molecule has 0 saturated carbocycles. The number of amides is 2. The van der Waals surface area contributed by atoms with Gasteiger partial charge in [-0.25, -0.2) is 4.39 Å². The van der Waals surface area contributed by atoms with E-state index < -0.39 is 5.82 Å². The Hall–Kier alpha value is -2.02. The normalized spacial score (nSPS) is 25.8. The molecule has 7 heteroatoms. The average Bonchev–Trinajstić information content (AvgIpc) is 2.83. The van der Waals surface area contributed by atoms with Crippen LogP contribution in [-0.4, -0.2) is 53.0 Å². The van der Waals surface area contributed by atoms with Crippen LogP contribution in [0.15, 0.2) is 18.3 Å². The van der Waals surface area contributed by atoms with Crippen molar-refractivity contribution in [2.45, 2.75) is 44.9 Å². The van der Waals surface area contributed by atoms with Crippen LogP contribution in [-0.2, 0) is 20.7 Å². The molecule has 1 aromatic heterocycles. The Kier molecular flexibility index (Phi) is 4.80. The molecule has 0 aromatic carbocycles. The van der Waals surface area contributed by atoms with Gasteiger partial charge in [-0.1, -0.05) is 0 Å². The summed E-state index contributed by atoms with van der Waals surface area (Å²) in [4.78, 5) is 30.4. The highest BCUT2D eigenvalue weighted by Gasteiger charge is 2.45. The summed E-state index contributed by atoms with van der Waals surface area (Å²) in [6.07, 6.45) is 1.52. The maximum atomic E-state index is 12.9. The summed E-state index contributed by atoms with van der Waals surface area (Å²) in [6.45, 7) is 4.74. The predicted octanol–water partition coefficient (Wildman–Crippen LogP) is 0.904. The maximum Gasteiger partial charge on any atom is 0.228 e. The van der Waals surface area contributed by atoms with E-state index in [4.69, 9.17) is 4.74 Å². The SMILES string of the molecule is CC(C)NC(=O)[C@H]1C[C@H]2CN(C(=O)Cc3ccc(F)cn3)C[C@H]1O2. The largest absolute Gasteiger partial charge is 0.370 e. The minimum atomic E-state index is -0.422. The number of morpholine rings is 1. The maximum absolute atomic E-state index is 12.9.